The molecule has 0 atom stereocenters. The van der Waals surface area contributed by atoms with E-state index < -0.39 is 0 Å². The molecule has 5 nitrogen and oxygen atoms in total. The zero-order chi connectivity index (χ0) is 18.5. The third-order valence-electron chi connectivity index (χ3n) is 4.11. The van der Waals surface area contributed by atoms with Gasteiger partial charge in [-0.25, -0.2) is 0 Å². The number of para-hydroxylation sites is 1. The predicted molar refractivity (Wildman–Crippen MR) is 103 cm³/mol. The highest BCUT2D eigenvalue weighted by atomic mass is 16.5. The molecule has 1 aromatic heterocycles. The van der Waals surface area contributed by atoms with Gasteiger partial charge in [-0.15, -0.1) is 0 Å². The molecule has 0 radical (unpaired) electrons. The molecule has 132 valence electrons. The van der Waals surface area contributed by atoms with E-state index in [1.165, 1.54) is 0 Å². The third kappa shape index (κ3) is 3.93. The maximum Gasteiger partial charge on any atom is 0.260 e. The van der Waals surface area contributed by atoms with Crippen molar-refractivity contribution in [2.24, 2.45) is 0 Å². The number of nitrogens with zero attached hydrogens (tertiary/aromatic N) is 2. The first-order valence-electron chi connectivity index (χ1n) is 8.62. The smallest absolute Gasteiger partial charge is 0.260 e. The van der Waals surface area contributed by atoms with Gasteiger partial charge in [0.2, 0.25) is 0 Å². The Morgan fingerprint density at radius 3 is 2.30 bits per heavy atom. The molecule has 1 heterocycles. The van der Waals surface area contributed by atoms with Gasteiger partial charge < -0.3 is 9.84 Å². The molecule has 0 aliphatic heterocycles. The van der Waals surface area contributed by atoms with Crippen LogP contribution in [0.5, 0.6) is 0 Å². The number of anilines is 1. The molecule has 5 heteroatoms. The zero-order valence-electron chi connectivity index (χ0n) is 14.5. The van der Waals surface area contributed by atoms with Crippen molar-refractivity contribution in [2.45, 2.75) is 6.42 Å². The summed E-state index contributed by atoms with van der Waals surface area (Å²) in [6, 6.07) is 26.4. The van der Waals surface area contributed by atoms with Gasteiger partial charge >= 0.3 is 0 Å². The largest absolute Gasteiger partial charge is 0.334 e. The molecule has 0 spiro atoms. The van der Waals surface area contributed by atoms with Crippen molar-refractivity contribution in [1.82, 2.24) is 10.1 Å². The highest BCUT2D eigenvalue weighted by Gasteiger charge is 2.15. The van der Waals surface area contributed by atoms with E-state index in [-0.39, 0.29) is 5.91 Å². The highest BCUT2D eigenvalue weighted by molar-refractivity contribution is 6.05. The van der Waals surface area contributed by atoms with Crippen molar-refractivity contribution in [3.05, 3.63) is 102 Å². The minimum absolute atomic E-state index is 0.188. The second kappa shape index (κ2) is 7.66. The number of benzene rings is 3. The lowest BCUT2D eigenvalue weighted by molar-refractivity contribution is 0.102. The minimum atomic E-state index is -0.188. The maximum atomic E-state index is 12.5. The van der Waals surface area contributed by atoms with Crippen LogP contribution >= 0.6 is 0 Å². The summed E-state index contributed by atoms with van der Waals surface area (Å²) in [5, 5.41) is 6.99. The molecule has 3 aromatic carbocycles. The van der Waals surface area contributed by atoms with Crippen LogP contribution in [0.1, 0.15) is 21.7 Å². The van der Waals surface area contributed by atoms with Crippen molar-refractivity contribution in [2.75, 3.05) is 5.32 Å². The topological polar surface area (TPSA) is 68.0 Å². The Hall–Kier alpha value is -3.73. The fraction of sp³-hybridized carbons (Fsp3) is 0.0455. The summed E-state index contributed by atoms with van der Waals surface area (Å²) in [4.78, 5) is 17.0. The van der Waals surface area contributed by atoms with Gasteiger partial charge in [-0.1, -0.05) is 65.8 Å². The van der Waals surface area contributed by atoms with Crippen LogP contribution in [-0.4, -0.2) is 16.0 Å². The predicted octanol–water partition coefficient (Wildman–Crippen LogP) is 4.58. The molecular formula is C22H17N3O2. The standard InChI is InChI=1S/C22H17N3O2/c26-21(17-11-5-2-6-12-17)23-19-14-8-7-13-18(19)22-24-20(25-27-22)15-16-9-3-1-4-10-16/h1-14H,15H2,(H,23,26). The second-order valence-electron chi connectivity index (χ2n) is 6.04. The van der Waals surface area contributed by atoms with Crippen molar-refractivity contribution in [3.8, 4) is 11.5 Å². The van der Waals surface area contributed by atoms with Gasteiger partial charge in [0.05, 0.1) is 11.3 Å². The van der Waals surface area contributed by atoms with Crippen LogP contribution in [0.2, 0.25) is 0 Å². The first-order valence-corrected chi connectivity index (χ1v) is 8.62. The van der Waals surface area contributed by atoms with E-state index in [2.05, 4.69) is 15.5 Å². The first-order chi connectivity index (χ1) is 13.3. The average Bonchev–Trinajstić information content (AvgIpc) is 3.18. The maximum absolute atomic E-state index is 12.5. The summed E-state index contributed by atoms with van der Waals surface area (Å²) >= 11 is 0. The average molecular weight is 355 g/mol. The molecule has 1 N–H and O–H groups in total. The summed E-state index contributed by atoms with van der Waals surface area (Å²) in [6.45, 7) is 0. The Bertz CT molecular complexity index is 1040. The van der Waals surface area contributed by atoms with Gasteiger partial charge in [-0.05, 0) is 29.8 Å². The van der Waals surface area contributed by atoms with E-state index in [1.54, 1.807) is 12.1 Å². The van der Waals surface area contributed by atoms with Crippen LogP contribution in [0.25, 0.3) is 11.5 Å². The normalized spacial score (nSPS) is 10.5. The van der Waals surface area contributed by atoms with Crippen molar-refractivity contribution in [3.63, 3.8) is 0 Å². The Morgan fingerprint density at radius 1 is 0.852 bits per heavy atom. The van der Waals surface area contributed by atoms with E-state index >= 15 is 0 Å². The molecule has 4 aromatic rings. The lowest BCUT2D eigenvalue weighted by Gasteiger charge is -2.08. The van der Waals surface area contributed by atoms with E-state index in [0.717, 1.165) is 5.56 Å². The highest BCUT2D eigenvalue weighted by Crippen LogP contribution is 2.27. The number of carbonyl (C=O) groups is 1. The number of aromatic nitrogens is 2. The molecule has 0 fully saturated rings. The number of rotatable bonds is 5. The van der Waals surface area contributed by atoms with Crippen molar-refractivity contribution < 1.29 is 9.32 Å². The van der Waals surface area contributed by atoms with E-state index in [4.69, 9.17) is 4.52 Å². The number of hydrogen-bond donors (Lipinski definition) is 1. The van der Waals surface area contributed by atoms with Gasteiger partial charge in [-0.2, -0.15) is 4.98 Å². The summed E-state index contributed by atoms with van der Waals surface area (Å²) in [6.07, 6.45) is 0.586. The van der Waals surface area contributed by atoms with E-state index in [1.807, 2.05) is 72.8 Å². The lowest BCUT2D eigenvalue weighted by atomic mass is 10.1. The van der Waals surface area contributed by atoms with Gasteiger partial charge in [0.25, 0.3) is 11.8 Å². The van der Waals surface area contributed by atoms with Crippen LogP contribution in [0, 0.1) is 0 Å². The zero-order valence-corrected chi connectivity index (χ0v) is 14.5. The van der Waals surface area contributed by atoms with Crippen LogP contribution in [-0.2, 0) is 6.42 Å². The molecule has 4 rings (SSSR count). The monoisotopic (exact) mass is 355 g/mol. The van der Waals surface area contributed by atoms with Gasteiger partial charge in [0.15, 0.2) is 5.82 Å². The molecule has 0 bridgehead atoms. The quantitative estimate of drug-likeness (QED) is 0.569. The Balaban J connectivity index is 1.57. The third-order valence-corrected chi connectivity index (χ3v) is 4.11. The van der Waals surface area contributed by atoms with Crippen LogP contribution in [0.15, 0.2) is 89.5 Å². The Kier molecular flexibility index (Phi) is 4.74. The Labute approximate surface area is 156 Å². The SMILES string of the molecule is O=C(Nc1ccccc1-c1nc(Cc2ccccc2)no1)c1ccccc1. The Morgan fingerprint density at radius 2 is 1.52 bits per heavy atom. The molecule has 1 amide bonds. The van der Waals surface area contributed by atoms with E-state index in [0.29, 0.717) is 35.0 Å². The van der Waals surface area contributed by atoms with Crippen molar-refractivity contribution in [1.29, 1.82) is 0 Å². The number of amides is 1. The second-order valence-corrected chi connectivity index (χ2v) is 6.04. The number of carbonyl (C=O) groups excluding carboxylic acids is 1. The van der Waals surface area contributed by atoms with Crippen LogP contribution < -0.4 is 5.32 Å². The van der Waals surface area contributed by atoms with Gasteiger partial charge in [-0.3, -0.25) is 4.79 Å². The molecule has 0 aliphatic carbocycles. The van der Waals surface area contributed by atoms with Crippen LogP contribution in [0.3, 0.4) is 0 Å². The molecule has 27 heavy (non-hydrogen) atoms. The molecule has 0 unspecified atom stereocenters. The number of hydrogen-bond acceptors (Lipinski definition) is 4. The summed E-state index contributed by atoms with van der Waals surface area (Å²) < 4.78 is 5.44. The van der Waals surface area contributed by atoms with Gasteiger partial charge in [0.1, 0.15) is 0 Å². The van der Waals surface area contributed by atoms with Crippen LogP contribution in [0.4, 0.5) is 5.69 Å². The fourth-order valence-corrected chi connectivity index (χ4v) is 2.78. The van der Waals surface area contributed by atoms with E-state index in [9.17, 15) is 4.79 Å². The summed E-state index contributed by atoms with van der Waals surface area (Å²) in [5.74, 6) is 0.789. The fourth-order valence-electron chi connectivity index (χ4n) is 2.78. The van der Waals surface area contributed by atoms with Crippen molar-refractivity contribution >= 4 is 11.6 Å². The number of nitrogens with one attached hydrogen (secondary N) is 1. The molecular weight excluding hydrogens is 338 g/mol. The summed E-state index contributed by atoms with van der Waals surface area (Å²) in [5.41, 5.74) is 3.01. The minimum Gasteiger partial charge on any atom is -0.334 e. The molecule has 0 saturated heterocycles. The molecule has 0 aliphatic rings. The lowest BCUT2D eigenvalue weighted by Crippen LogP contribution is -2.12. The van der Waals surface area contributed by atoms with Gasteiger partial charge in [0, 0.05) is 12.0 Å². The summed E-state index contributed by atoms with van der Waals surface area (Å²) in [7, 11) is 0. The molecule has 0 saturated carbocycles. The first kappa shape index (κ1) is 16.7.